The monoisotopic (exact) mass is 511 g/mol. The van der Waals surface area contributed by atoms with Gasteiger partial charge in [-0.05, 0) is 72.7 Å². The van der Waals surface area contributed by atoms with Gasteiger partial charge in [0.25, 0.3) is 0 Å². The van der Waals surface area contributed by atoms with Crippen LogP contribution in [-0.2, 0) is 6.42 Å². The molecule has 0 atom stereocenters. The molecule has 0 aliphatic heterocycles. The van der Waals surface area contributed by atoms with Crippen LogP contribution in [0.2, 0.25) is 0 Å². The molecule has 0 bridgehead atoms. The molecule has 3 rings (SSSR count). The Hall–Kier alpha value is -3.32. The van der Waals surface area contributed by atoms with Crippen molar-refractivity contribution in [1.82, 2.24) is 0 Å². The van der Waals surface area contributed by atoms with Gasteiger partial charge in [0.2, 0.25) is 0 Å². The van der Waals surface area contributed by atoms with Crippen LogP contribution in [0.4, 0.5) is 11.4 Å². The fraction of sp³-hybridized carbons (Fsp3) is 0.351. The summed E-state index contributed by atoms with van der Waals surface area (Å²) in [7, 11) is 0. The Morgan fingerprint density at radius 2 is 1.24 bits per heavy atom. The minimum absolute atomic E-state index is 0.884. The molecule has 3 aromatic rings. The molecule has 0 spiro atoms. The molecule has 0 amide bonds. The number of allylic oxidation sites excluding steroid dienone is 5. The Bertz CT molecular complexity index is 1020. The van der Waals surface area contributed by atoms with Crippen LogP contribution in [0.1, 0.15) is 74.3 Å². The number of para-hydroxylation sites is 1. The minimum Gasteiger partial charge on any atom is -0.342 e. The first-order valence-corrected chi connectivity index (χ1v) is 14.5. The molecular weight excluding hydrogens is 458 g/mol. The molecule has 0 aliphatic rings. The summed E-state index contributed by atoms with van der Waals surface area (Å²) in [5, 5.41) is 0. The zero-order valence-electron chi connectivity index (χ0n) is 25.7. The van der Waals surface area contributed by atoms with Crippen LogP contribution in [-0.4, -0.2) is 6.54 Å². The number of rotatable bonds is 9. The predicted octanol–water partition coefficient (Wildman–Crippen LogP) is 11.8. The van der Waals surface area contributed by atoms with Crippen molar-refractivity contribution >= 4 is 11.4 Å². The van der Waals surface area contributed by atoms with Crippen molar-refractivity contribution in [3.05, 3.63) is 121 Å². The molecule has 38 heavy (non-hydrogen) atoms. The van der Waals surface area contributed by atoms with Gasteiger partial charge < -0.3 is 4.90 Å². The van der Waals surface area contributed by atoms with E-state index in [-0.39, 0.29) is 0 Å². The lowest BCUT2D eigenvalue weighted by Crippen LogP contribution is -2.15. The smallest absolute Gasteiger partial charge is 0.0411 e. The molecule has 0 saturated heterocycles. The zero-order valence-corrected chi connectivity index (χ0v) is 25.7. The second kappa shape index (κ2) is 21.7. The normalized spacial score (nSPS) is 10.4. The molecule has 0 aromatic heterocycles. The first kappa shape index (κ1) is 34.7. The maximum absolute atomic E-state index is 3.81. The first-order valence-electron chi connectivity index (χ1n) is 14.5. The minimum atomic E-state index is 0.884. The Balaban J connectivity index is 0.00000134. The van der Waals surface area contributed by atoms with Gasteiger partial charge in [0, 0.05) is 17.9 Å². The SMILES string of the molecule is C=C/C=C(\C=C/C)Cc1ccc(-c2ccc(N(CC)c3ccccc3)cc2)cc1.CC.CC.CCC(C)C. The summed E-state index contributed by atoms with van der Waals surface area (Å²) in [4.78, 5) is 2.32. The number of benzene rings is 3. The molecular formula is C37H53N. The maximum Gasteiger partial charge on any atom is 0.0411 e. The standard InChI is InChI=1S/C28H29N.C5H12.2C2H6/c1-4-10-23(11-5-2)22-24-14-16-25(17-15-24)26-18-20-28(21-19-26)29(6-3)27-12-8-7-9-13-27;1-4-5(2)3;2*1-2/h4-5,7-21H,1,6,22H2,2-3H3;5H,4H2,1-3H3;2*1-2H3/b11-5-,23-10+;;;. The number of hydrogen-bond acceptors (Lipinski definition) is 1. The van der Waals surface area contributed by atoms with Crippen molar-refractivity contribution in [1.29, 1.82) is 0 Å². The van der Waals surface area contributed by atoms with E-state index in [0.717, 1.165) is 18.9 Å². The molecule has 206 valence electrons. The van der Waals surface area contributed by atoms with Gasteiger partial charge in [0.15, 0.2) is 0 Å². The summed E-state index contributed by atoms with van der Waals surface area (Å²) in [5.41, 5.74) is 7.47. The lowest BCUT2D eigenvalue weighted by atomic mass is 9.99. The van der Waals surface area contributed by atoms with E-state index in [1.165, 1.54) is 40.1 Å². The fourth-order valence-electron chi connectivity index (χ4n) is 3.55. The topological polar surface area (TPSA) is 3.24 Å². The van der Waals surface area contributed by atoms with Crippen LogP contribution in [0.5, 0.6) is 0 Å². The van der Waals surface area contributed by atoms with Gasteiger partial charge in [-0.2, -0.15) is 0 Å². The second-order valence-corrected chi connectivity index (χ2v) is 8.78. The van der Waals surface area contributed by atoms with E-state index in [2.05, 4.69) is 136 Å². The molecule has 1 nitrogen and oxygen atoms in total. The molecule has 0 radical (unpaired) electrons. The van der Waals surface area contributed by atoms with Crippen molar-refractivity contribution in [3.63, 3.8) is 0 Å². The van der Waals surface area contributed by atoms with Gasteiger partial charge in [0.1, 0.15) is 0 Å². The van der Waals surface area contributed by atoms with E-state index in [1.54, 1.807) is 0 Å². The summed E-state index contributed by atoms with van der Waals surface area (Å²) in [6.45, 7) is 23.6. The maximum atomic E-state index is 3.81. The van der Waals surface area contributed by atoms with E-state index in [9.17, 15) is 0 Å². The number of hydrogen-bond donors (Lipinski definition) is 0. The average Bonchev–Trinajstić information content (AvgIpc) is 2.97. The Labute approximate surface area is 235 Å². The van der Waals surface area contributed by atoms with E-state index < -0.39 is 0 Å². The third kappa shape index (κ3) is 12.8. The van der Waals surface area contributed by atoms with Gasteiger partial charge in [0.05, 0.1) is 0 Å². The van der Waals surface area contributed by atoms with Crippen molar-refractivity contribution in [2.45, 2.75) is 75.2 Å². The second-order valence-electron chi connectivity index (χ2n) is 8.78. The molecule has 0 aliphatic carbocycles. The number of anilines is 2. The highest BCUT2D eigenvalue weighted by Gasteiger charge is 2.07. The van der Waals surface area contributed by atoms with E-state index in [1.807, 2.05) is 40.7 Å². The van der Waals surface area contributed by atoms with Gasteiger partial charge >= 0.3 is 0 Å². The summed E-state index contributed by atoms with van der Waals surface area (Å²) < 4.78 is 0. The van der Waals surface area contributed by atoms with Crippen molar-refractivity contribution in [2.24, 2.45) is 5.92 Å². The number of nitrogens with zero attached hydrogens (tertiary/aromatic N) is 1. The lowest BCUT2D eigenvalue weighted by Gasteiger charge is -2.23. The lowest BCUT2D eigenvalue weighted by molar-refractivity contribution is 0.626. The highest BCUT2D eigenvalue weighted by molar-refractivity contribution is 5.70. The van der Waals surface area contributed by atoms with Crippen LogP contribution >= 0.6 is 0 Å². The van der Waals surface area contributed by atoms with Crippen LogP contribution in [0.25, 0.3) is 11.1 Å². The third-order valence-corrected chi connectivity index (χ3v) is 5.79. The zero-order chi connectivity index (χ0) is 28.8. The molecule has 0 unspecified atom stereocenters. The van der Waals surface area contributed by atoms with Gasteiger partial charge in [-0.15, -0.1) is 0 Å². The van der Waals surface area contributed by atoms with Crippen LogP contribution in [0, 0.1) is 5.92 Å². The Morgan fingerprint density at radius 3 is 1.66 bits per heavy atom. The van der Waals surface area contributed by atoms with Gasteiger partial charge in [-0.3, -0.25) is 0 Å². The summed E-state index contributed by atoms with van der Waals surface area (Å²) in [6.07, 6.45) is 10.3. The van der Waals surface area contributed by atoms with E-state index in [0.29, 0.717) is 0 Å². The molecule has 0 saturated carbocycles. The molecule has 3 aromatic carbocycles. The van der Waals surface area contributed by atoms with E-state index in [4.69, 9.17) is 0 Å². The quantitative estimate of drug-likeness (QED) is 0.258. The Kier molecular flexibility index (Phi) is 19.8. The first-order chi connectivity index (χ1) is 18.5. The molecule has 0 fully saturated rings. The van der Waals surface area contributed by atoms with E-state index >= 15 is 0 Å². The summed E-state index contributed by atoms with van der Waals surface area (Å²) in [6, 6.07) is 28.2. The van der Waals surface area contributed by atoms with Crippen molar-refractivity contribution in [3.8, 4) is 11.1 Å². The Morgan fingerprint density at radius 1 is 0.763 bits per heavy atom. The van der Waals surface area contributed by atoms with Crippen LogP contribution in [0.15, 0.2) is 115 Å². The fourth-order valence-corrected chi connectivity index (χ4v) is 3.55. The van der Waals surface area contributed by atoms with Crippen LogP contribution < -0.4 is 4.90 Å². The molecule has 0 N–H and O–H groups in total. The van der Waals surface area contributed by atoms with Gasteiger partial charge in [-0.25, -0.2) is 0 Å². The highest BCUT2D eigenvalue weighted by Crippen LogP contribution is 2.28. The predicted molar refractivity (Wildman–Crippen MR) is 176 cm³/mol. The van der Waals surface area contributed by atoms with Crippen LogP contribution in [0.3, 0.4) is 0 Å². The average molecular weight is 512 g/mol. The molecule has 1 heteroatoms. The highest BCUT2D eigenvalue weighted by atomic mass is 15.1. The van der Waals surface area contributed by atoms with Gasteiger partial charge in [-0.1, -0.05) is 140 Å². The van der Waals surface area contributed by atoms with Crippen molar-refractivity contribution < 1.29 is 0 Å². The molecule has 0 heterocycles. The van der Waals surface area contributed by atoms with Crippen molar-refractivity contribution in [2.75, 3.05) is 11.4 Å². The summed E-state index contributed by atoms with van der Waals surface area (Å²) in [5.74, 6) is 0.884. The third-order valence-electron chi connectivity index (χ3n) is 5.79. The summed E-state index contributed by atoms with van der Waals surface area (Å²) >= 11 is 0. The largest absolute Gasteiger partial charge is 0.342 e.